The molecule has 4 N–H and O–H groups in total. The quantitative estimate of drug-likeness (QED) is 0.443. The van der Waals surface area contributed by atoms with Crippen molar-refractivity contribution in [2.75, 3.05) is 13.2 Å². The van der Waals surface area contributed by atoms with Crippen LogP contribution in [0.25, 0.3) is 0 Å². The van der Waals surface area contributed by atoms with Gasteiger partial charge in [0.05, 0.1) is 19.1 Å². The highest BCUT2D eigenvalue weighted by atomic mass is 16.5. The highest BCUT2D eigenvalue weighted by Crippen LogP contribution is 1.92. The maximum Gasteiger partial charge on any atom is 0.326 e. The molecule has 104 valence electrons. The van der Waals surface area contributed by atoms with Gasteiger partial charge in [-0.25, -0.2) is 9.59 Å². The molecule has 0 bridgehead atoms. The lowest BCUT2D eigenvalue weighted by Gasteiger charge is -2.13. The van der Waals surface area contributed by atoms with E-state index in [0.717, 1.165) is 0 Å². The molecule has 0 saturated heterocycles. The van der Waals surface area contributed by atoms with Gasteiger partial charge in [-0.2, -0.15) is 0 Å². The van der Waals surface area contributed by atoms with E-state index < -0.39 is 30.4 Å². The van der Waals surface area contributed by atoms with E-state index >= 15 is 0 Å². The van der Waals surface area contributed by atoms with Crippen molar-refractivity contribution < 1.29 is 29.3 Å². The van der Waals surface area contributed by atoms with Crippen LogP contribution in [0.15, 0.2) is 0 Å². The van der Waals surface area contributed by atoms with Crippen LogP contribution in [0.4, 0.5) is 4.79 Å². The molecular formula is C10H18N2O6. The number of rotatable bonds is 8. The summed E-state index contributed by atoms with van der Waals surface area (Å²) in [5.41, 5.74) is 0. The van der Waals surface area contributed by atoms with E-state index in [0.29, 0.717) is 6.61 Å². The van der Waals surface area contributed by atoms with Gasteiger partial charge in [0.25, 0.3) is 0 Å². The van der Waals surface area contributed by atoms with E-state index in [-0.39, 0.29) is 12.6 Å². The lowest BCUT2D eigenvalue weighted by molar-refractivity contribution is -0.145. The van der Waals surface area contributed by atoms with Gasteiger partial charge in [-0.05, 0) is 13.8 Å². The number of carboxylic acid groups (broad SMARTS) is 2. The highest BCUT2D eigenvalue weighted by molar-refractivity contribution is 5.86. The van der Waals surface area contributed by atoms with Gasteiger partial charge < -0.3 is 25.6 Å². The number of hydrogen-bond acceptors (Lipinski definition) is 4. The van der Waals surface area contributed by atoms with Gasteiger partial charge in [0.15, 0.2) is 0 Å². The smallest absolute Gasteiger partial charge is 0.326 e. The number of urea groups is 1. The summed E-state index contributed by atoms with van der Waals surface area (Å²) < 4.78 is 5.16. The average Bonchev–Trinajstić information content (AvgIpc) is 2.22. The number of carbonyl (C=O) groups excluding carboxylic acids is 1. The van der Waals surface area contributed by atoms with Crippen molar-refractivity contribution in [3.63, 3.8) is 0 Å². The minimum absolute atomic E-state index is 0.0358. The van der Waals surface area contributed by atoms with Crippen LogP contribution >= 0.6 is 0 Å². The maximum atomic E-state index is 11.3. The summed E-state index contributed by atoms with van der Waals surface area (Å²) in [7, 11) is 0. The summed E-state index contributed by atoms with van der Waals surface area (Å²) in [5, 5.41) is 21.6. The van der Waals surface area contributed by atoms with Gasteiger partial charge in [-0.1, -0.05) is 0 Å². The van der Waals surface area contributed by atoms with Crippen LogP contribution in [0.3, 0.4) is 0 Å². The Morgan fingerprint density at radius 1 is 1.22 bits per heavy atom. The minimum atomic E-state index is -1.45. The summed E-state index contributed by atoms with van der Waals surface area (Å²) >= 11 is 0. The Hall–Kier alpha value is -1.83. The average molecular weight is 262 g/mol. The Kier molecular flexibility index (Phi) is 7.45. The fraction of sp³-hybridized carbons (Fsp3) is 0.700. The molecule has 0 aromatic heterocycles. The summed E-state index contributed by atoms with van der Waals surface area (Å²) in [6.45, 7) is 4.19. The Bertz CT molecular complexity index is 305. The Labute approximate surface area is 104 Å². The van der Waals surface area contributed by atoms with Crippen molar-refractivity contribution in [2.45, 2.75) is 32.4 Å². The van der Waals surface area contributed by atoms with Crippen molar-refractivity contribution >= 4 is 18.0 Å². The zero-order valence-corrected chi connectivity index (χ0v) is 10.3. The van der Waals surface area contributed by atoms with Crippen molar-refractivity contribution in [1.82, 2.24) is 10.6 Å². The van der Waals surface area contributed by atoms with E-state index in [4.69, 9.17) is 14.9 Å². The van der Waals surface area contributed by atoms with Gasteiger partial charge in [-0.15, -0.1) is 0 Å². The van der Waals surface area contributed by atoms with E-state index in [1.165, 1.54) is 0 Å². The van der Waals surface area contributed by atoms with Crippen LogP contribution in [-0.4, -0.2) is 53.5 Å². The highest BCUT2D eigenvalue weighted by Gasteiger charge is 2.22. The largest absolute Gasteiger partial charge is 0.481 e. The molecule has 0 aromatic carbocycles. The molecule has 1 atom stereocenters. The van der Waals surface area contributed by atoms with E-state index in [9.17, 15) is 14.4 Å². The van der Waals surface area contributed by atoms with Gasteiger partial charge in [0.1, 0.15) is 6.04 Å². The van der Waals surface area contributed by atoms with Gasteiger partial charge >= 0.3 is 18.0 Å². The summed E-state index contributed by atoms with van der Waals surface area (Å²) in [4.78, 5) is 32.3. The molecule has 0 spiro atoms. The molecule has 0 radical (unpaired) electrons. The molecule has 0 rings (SSSR count). The Balaban J connectivity index is 3.95. The SMILES string of the molecule is CC(C)OCCNC(=O)N[C@@H](CC(=O)O)C(=O)O. The van der Waals surface area contributed by atoms with Crippen molar-refractivity contribution in [2.24, 2.45) is 0 Å². The van der Waals surface area contributed by atoms with Crippen molar-refractivity contribution in [1.29, 1.82) is 0 Å². The van der Waals surface area contributed by atoms with Crippen LogP contribution in [-0.2, 0) is 14.3 Å². The second kappa shape index (κ2) is 8.29. The third-order valence-corrected chi connectivity index (χ3v) is 1.82. The number of amides is 2. The second-order valence-electron chi connectivity index (χ2n) is 3.81. The molecule has 8 nitrogen and oxygen atoms in total. The normalized spacial score (nSPS) is 11.9. The molecule has 18 heavy (non-hydrogen) atoms. The predicted molar refractivity (Wildman–Crippen MR) is 61.3 cm³/mol. The van der Waals surface area contributed by atoms with Gasteiger partial charge in [-0.3, -0.25) is 4.79 Å². The van der Waals surface area contributed by atoms with Crippen LogP contribution < -0.4 is 10.6 Å². The van der Waals surface area contributed by atoms with Gasteiger partial charge in [0.2, 0.25) is 0 Å². The van der Waals surface area contributed by atoms with Crippen LogP contribution in [0.1, 0.15) is 20.3 Å². The van der Waals surface area contributed by atoms with Crippen molar-refractivity contribution in [3.05, 3.63) is 0 Å². The number of carboxylic acids is 2. The molecular weight excluding hydrogens is 244 g/mol. The monoisotopic (exact) mass is 262 g/mol. The number of carbonyl (C=O) groups is 3. The molecule has 0 heterocycles. The number of hydrogen-bond donors (Lipinski definition) is 4. The Morgan fingerprint density at radius 3 is 2.28 bits per heavy atom. The Morgan fingerprint density at radius 2 is 1.83 bits per heavy atom. The first-order chi connectivity index (χ1) is 8.32. The molecule has 2 amide bonds. The topological polar surface area (TPSA) is 125 Å². The number of nitrogens with one attached hydrogen (secondary N) is 2. The zero-order valence-electron chi connectivity index (χ0n) is 10.3. The minimum Gasteiger partial charge on any atom is -0.481 e. The van der Waals surface area contributed by atoms with E-state index in [2.05, 4.69) is 5.32 Å². The van der Waals surface area contributed by atoms with E-state index in [1.807, 2.05) is 19.2 Å². The fourth-order valence-corrected chi connectivity index (χ4v) is 1.04. The molecule has 0 aliphatic rings. The van der Waals surface area contributed by atoms with Crippen LogP contribution in [0.2, 0.25) is 0 Å². The molecule has 0 aromatic rings. The fourth-order valence-electron chi connectivity index (χ4n) is 1.04. The first-order valence-corrected chi connectivity index (χ1v) is 5.43. The third-order valence-electron chi connectivity index (χ3n) is 1.82. The first-order valence-electron chi connectivity index (χ1n) is 5.43. The molecule has 8 heteroatoms. The number of aliphatic carboxylic acids is 2. The summed E-state index contributed by atoms with van der Waals surface area (Å²) in [6.07, 6.45) is -0.640. The number of ether oxygens (including phenoxy) is 1. The second-order valence-corrected chi connectivity index (χ2v) is 3.81. The van der Waals surface area contributed by atoms with Gasteiger partial charge in [0, 0.05) is 6.54 Å². The summed E-state index contributed by atoms with van der Waals surface area (Å²) in [5.74, 6) is -2.70. The molecule has 0 fully saturated rings. The lowest BCUT2D eigenvalue weighted by Crippen LogP contribution is -2.47. The zero-order chi connectivity index (χ0) is 14.1. The third kappa shape index (κ3) is 8.34. The molecule has 0 unspecified atom stereocenters. The van der Waals surface area contributed by atoms with Crippen molar-refractivity contribution in [3.8, 4) is 0 Å². The van der Waals surface area contributed by atoms with Crippen LogP contribution in [0, 0.1) is 0 Å². The standard InChI is InChI=1S/C10H18N2O6/c1-6(2)18-4-3-11-10(17)12-7(9(15)16)5-8(13)14/h6-7H,3-5H2,1-2H3,(H,13,14)(H,15,16)(H2,11,12,17)/t7-/m0/s1. The first kappa shape index (κ1) is 16.2. The molecule has 0 aliphatic carbocycles. The molecule has 0 aliphatic heterocycles. The lowest BCUT2D eigenvalue weighted by atomic mass is 10.2. The predicted octanol–water partition coefficient (Wildman–Crippen LogP) is -0.361. The molecule has 0 saturated carbocycles. The van der Waals surface area contributed by atoms with E-state index in [1.54, 1.807) is 0 Å². The maximum absolute atomic E-state index is 11.3. The summed E-state index contributed by atoms with van der Waals surface area (Å²) in [6, 6.07) is -2.19. The van der Waals surface area contributed by atoms with Crippen LogP contribution in [0.5, 0.6) is 0 Å².